The monoisotopic (exact) mass is 297 g/mol. The van der Waals surface area contributed by atoms with Gasteiger partial charge in [0.15, 0.2) is 0 Å². The van der Waals surface area contributed by atoms with Crippen LogP contribution in [0.15, 0.2) is 53.5 Å². The summed E-state index contributed by atoms with van der Waals surface area (Å²) in [5.41, 5.74) is 1.94. The van der Waals surface area contributed by atoms with Crippen LogP contribution in [0.1, 0.15) is 11.1 Å². The van der Waals surface area contributed by atoms with E-state index < -0.39 is 0 Å². The maximum absolute atomic E-state index is 6.05. The van der Waals surface area contributed by atoms with Gasteiger partial charge < -0.3 is 9.47 Å². The van der Waals surface area contributed by atoms with Gasteiger partial charge in [0.05, 0.1) is 11.7 Å². The van der Waals surface area contributed by atoms with Gasteiger partial charge in [0.25, 0.3) is 0 Å². The van der Waals surface area contributed by atoms with Gasteiger partial charge in [-0.1, -0.05) is 36.4 Å². The number of ether oxygens (including phenoxy) is 2. The summed E-state index contributed by atoms with van der Waals surface area (Å²) in [6.45, 7) is 0.567. The van der Waals surface area contributed by atoms with Crippen molar-refractivity contribution in [1.29, 1.82) is 0 Å². The van der Waals surface area contributed by atoms with Crippen LogP contribution in [-0.4, -0.2) is 24.5 Å². The Morgan fingerprint density at radius 3 is 2.33 bits per heavy atom. The molecule has 3 nitrogen and oxygen atoms in total. The Balaban J connectivity index is 1.94. The molecule has 0 N–H and O–H groups in total. The second-order valence-corrected chi connectivity index (χ2v) is 6.23. The van der Waals surface area contributed by atoms with Crippen molar-refractivity contribution in [1.82, 2.24) is 0 Å². The molecule has 4 heteroatoms. The molecule has 0 aliphatic carbocycles. The molecule has 0 radical (unpaired) electrons. The molecule has 0 unspecified atom stereocenters. The smallest absolute Gasteiger partial charge is 0.133 e. The fraction of sp³-hybridized carbons (Fsp3) is 0.235. The van der Waals surface area contributed by atoms with E-state index >= 15 is 0 Å². The summed E-state index contributed by atoms with van der Waals surface area (Å²) in [4.78, 5) is 5.03. The Hall–Kier alpha value is -1.78. The molecular formula is C17H15NO2S. The van der Waals surface area contributed by atoms with E-state index in [9.17, 15) is 0 Å². The molecule has 2 heterocycles. The molecule has 0 bridgehead atoms. The van der Waals surface area contributed by atoms with E-state index in [4.69, 9.17) is 14.5 Å². The first-order chi connectivity index (χ1) is 10.3. The van der Waals surface area contributed by atoms with Crippen molar-refractivity contribution < 1.29 is 9.47 Å². The largest absolute Gasteiger partial charge is 0.457 e. The van der Waals surface area contributed by atoms with Gasteiger partial charge in [0.2, 0.25) is 0 Å². The highest BCUT2D eigenvalue weighted by molar-refractivity contribution is 8.14. The Labute approximate surface area is 128 Å². The van der Waals surface area contributed by atoms with Gasteiger partial charge in [-0.2, -0.15) is 0 Å². The van der Waals surface area contributed by atoms with Gasteiger partial charge in [-0.15, -0.1) is 11.8 Å². The van der Waals surface area contributed by atoms with Crippen molar-refractivity contribution >= 4 is 16.8 Å². The highest BCUT2D eigenvalue weighted by Crippen LogP contribution is 2.52. The van der Waals surface area contributed by atoms with E-state index in [1.54, 1.807) is 18.9 Å². The van der Waals surface area contributed by atoms with Crippen LogP contribution in [0, 0.1) is 0 Å². The zero-order valence-electron chi connectivity index (χ0n) is 11.7. The molecule has 2 aliphatic heterocycles. The van der Waals surface area contributed by atoms with Crippen LogP contribution in [0.25, 0.3) is 0 Å². The first-order valence-electron chi connectivity index (χ1n) is 6.91. The lowest BCUT2D eigenvalue weighted by molar-refractivity contribution is 0.246. The van der Waals surface area contributed by atoms with Crippen molar-refractivity contribution in [2.24, 2.45) is 4.99 Å². The molecule has 106 valence electrons. The van der Waals surface area contributed by atoms with Crippen molar-refractivity contribution in [3.8, 4) is 11.5 Å². The number of methoxy groups -OCH3 is 1. The van der Waals surface area contributed by atoms with E-state index in [2.05, 4.69) is 12.1 Å². The predicted octanol–water partition coefficient (Wildman–Crippen LogP) is 3.83. The van der Waals surface area contributed by atoms with Crippen LogP contribution in [0.5, 0.6) is 11.5 Å². The zero-order valence-corrected chi connectivity index (χ0v) is 12.5. The van der Waals surface area contributed by atoms with Gasteiger partial charge in [0.1, 0.15) is 17.0 Å². The van der Waals surface area contributed by atoms with E-state index in [0.29, 0.717) is 6.61 Å². The number of rotatable bonds is 2. The maximum atomic E-state index is 6.05. The number of hydrogen-bond acceptors (Lipinski definition) is 4. The lowest BCUT2D eigenvalue weighted by Crippen LogP contribution is -2.29. The molecule has 0 fully saturated rings. The number of para-hydroxylation sites is 2. The summed E-state index contributed by atoms with van der Waals surface area (Å²) in [6.07, 6.45) is 0. The van der Waals surface area contributed by atoms with Crippen LogP contribution >= 0.6 is 11.8 Å². The first-order valence-corrected chi connectivity index (χ1v) is 7.89. The van der Waals surface area contributed by atoms with Crippen molar-refractivity contribution in [3.05, 3.63) is 59.7 Å². The third-order valence-electron chi connectivity index (χ3n) is 3.92. The van der Waals surface area contributed by atoms with Gasteiger partial charge in [0, 0.05) is 24.0 Å². The minimum atomic E-state index is -0.343. The fourth-order valence-electron chi connectivity index (χ4n) is 3.00. The predicted molar refractivity (Wildman–Crippen MR) is 85.5 cm³/mol. The fourth-order valence-corrected chi connectivity index (χ4v) is 4.17. The van der Waals surface area contributed by atoms with Gasteiger partial charge >= 0.3 is 0 Å². The lowest BCUT2D eigenvalue weighted by atomic mass is 9.82. The lowest BCUT2D eigenvalue weighted by Gasteiger charge is -2.34. The molecule has 0 atom stereocenters. The Bertz CT molecular complexity index is 681. The van der Waals surface area contributed by atoms with Crippen LogP contribution in [0.2, 0.25) is 0 Å². The molecule has 4 rings (SSSR count). The SMILES string of the molecule is COCC1=NC2(CS1)c1ccccc1Oc1ccccc12. The van der Waals surface area contributed by atoms with Crippen LogP contribution in [0.3, 0.4) is 0 Å². The van der Waals surface area contributed by atoms with Crippen molar-refractivity contribution in [2.75, 3.05) is 19.5 Å². The molecule has 0 saturated carbocycles. The standard InChI is InChI=1S/C17H15NO2S/c1-19-10-16-18-17(11-21-16)12-6-2-4-8-14(12)20-15-9-5-3-7-13(15)17/h2-9H,10-11H2,1H3. The summed E-state index contributed by atoms with van der Waals surface area (Å²) >= 11 is 1.77. The summed E-state index contributed by atoms with van der Waals surface area (Å²) in [6, 6.07) is 16.4. The third-order valence-corrected chi connectivity index (χ3v) is 5.02. The minimum absolute atomic E-state index is 0.343. The average Bonchev–Trinajstić information content (AvgIpc) is 2.93. The third kappa shape index (κ3) is 1.90. The summed E-state index contributed by atoms with van der Waals surface area (Å²) in [5, 5.41) is 1.05. The highest BCUT2D eigenvalue weighted by atomic mass is 32.2. The maximum Gasteiger partial charge on any atom is 0.133 e. The normalized spacial score (nSPS) is 17.9. The number of fused-ring (bicyclic) bond motifs is 4. The van der Waals surface area contributed by atoms with Gasteiger partial charge in [-0.3, -0.25) is 4.99 Å². The van der Waals surface area contributed by atoms with E-state index in [1.165, 1.54) is 0 Å². The molecule has 1 spiro atoms. The first kappa shape index (κ1) is 12.9. The summed E-state index contributed by atoms with van der Waals surface area (Å²) < 4.78 is 11.3. The average molecular weight is 297 g/mol. The highest BCUT2D eigenvalue weighted by Gasteiger charge is 2.45. The van der Waals surface area contributed by atoms with Crippen LogP contribution < -0.4 is 4.74 Å². The Morgan fingerprint density at radius 2 is 1.71 bits per heavy atom. The molecule has 21 heavy (non-hydrogen) atoms. The number of benzene rings is 2. The Morgan fingerprint density at radius 1 is 1.10 bits per heavy atom. The van der Waals surface area contributed by atoms with Gasteiger partial charge in [-0.25, -0.2) is 0 Å². The molecule has 0 aromatic heterocycles. The number of aliphatic imine (C=N–C) groups is 1. The van der Waals surface area contributed by atoms with Crippen molar-refractivity contribution in [3.63, 3.8) is 0 Å². The number of nitrogens with zero attached hydrogens (tertiary/aromatic N) is 1. The molecular weight excluding hydrogens is 282 g/mol. The second-order valence-electron chi connectivity index (χ2n) is 5.18. The zero-order chi connectivity index (χ0) is 14.3. The van der Waals surface area contributed by atoms with E-state index in [0.717, 1.165) is 33.4 Å². The molecule has 2 aromatic rings. The van der Waals surface area contributed by atoms with Crippen molar-refractivity contribution in [2.45, 2.75) is 5.54 Å². The number of thioether (sulfide) groups is 1. The van der Waals surface area contributed by atoms with Crippen LogP contribution in [0.4, 0.5) is 0 Å². The molecule has 2 aromatic carbocycles. The van der Waals surface area contributed by atoms with E-state index in [1.807, 2.05) is 36.4 Å². The van der Waals surface area contributed by atoms with Gasteiger partial charge in [-0.05, 0) is 12.1 Å². The molecule has 2 aliphatic rings. The second kappa shape index (κ2) is 4.90. The summed E-state index contributed by atoms with van der Waals surface area (Å²) in [7, 11) is 1.71. The molecule has 0 saturated heterocycles. The minimum Gasteiger partial charge on any atom is -0.457 e. The quantitative estimate of drug-likeness (QED) is 0.844. The Kier molecular flexibility index (Phi) is 3.01. The topological polar surface area (TPSA) is 30.8 Å². The number of hydrogen-bond donors (Lipinski definition) is 0. The van der Waals surface area contributed by atoms with Crippen LogP contribution in [-0.2, 0) is 10.3 Å². The molecule has 0 amide bonds. The van der Waals surface area contributed by atoms with E-state index in [-0.39, 0.29) is 5.54 Å². The summed E-state index contributed by atoms with van der Waals surface area (Å²) in [5.74, 6) is 2.70.